The molecule has 0 atom stereocenters. The second-order valence-electron chi connectivity index (χ2n) is 5.11. The molecule has 1 heterocycles. The average molecular weight is 314 g/mol. The Morgan fingerprint density at radius 1 is 1.27 bits per heavy atom. The molecule has 22 heavy (non-hydrogen) atoms. The molecule has 3 rings (SSSR count). The molecule has 0 saturated carbocycles. The predicted molar refractivity (Wildman–Crippen MR) is 89.4 cm³/mol. The zero-order chi connectivity index (χ0) is 15.5. The number of benzene rings is 2. The van der Waals surface area contributed by atoms with Gasteiger partial charge in [0.15, 0.2) is 0 Å². The number of carbonyl (C=O) groups excluding carboxylic acids is 1. The van der Waals surface area contributed by atoms with Crippen LogP contribution in [-0.2, 0) is 11.2 Å². The smallest absolute Gasteiger partial charge is 0.255 e. The molecule has 3 nitrogen and oxygen atoms in total. The lowest BCUT2D eigenvalue weighted by molar-refractivity contribution is -0.113. The van der Waals surface area contributed by atoms with Crippen molar-refractivity contribution in [3.05, 3.63) is 64.2 Å². The lowest BCUT2D eigenvalue weighted by Crippen LogP contribution is -2.21. The van der Waals surface area contributed by atoms with Crippen LogP contribution in [0.1, 0.15) is 18.1 Å². The number of hydrogen-bond acceptors (Lipinski definition) is 2. The maximum atomic E-state index is 12.4. The zero-order valence-corrected chi connectivity index (χ0v) is 13.0. The highest BCUT2D eigenvalue weighted by Crippen LogP contribution is 2.29. The normalized spacial score (nSPS) is 12.9. The van der Waals surface area contributed by atoms with Crippen LogP contribution >= 0.6 is 11.6 Å². The summed E-state index contributed by atoms with van der Waals surface area (Å²) in [7, 11) is 0. The minimum absolute atomic E-state index is 0.147. The van der Waals surface area contributed by atoms with Gasteiger partial charge in [-0.1, -0.05) is 36.7 Å². The fourth-order valence-corrected chi connectivity index (χ4v) is 2.61. The highest BCUT2D eigenvalue weighted by Gasteiger charge is 2.18. The lowest BCUT2D eigenvalue weighted by Gasteiger charge is -2.18. The van der Waals surface area contributed by atoms with Gasteiger partial charge in [-0.15, -0.1) is 0 Å². The fourth-order valence-electron chi connectivity index (χ4n) is 2.43. The number of rotatable bonds is 3. The van der Waals surface area contributed by atoms with E-state index in [1.807, 2.05) is 36.4 Å². The Kier molecular flexibility index (Phi) is 4.16. The van der Waals surface area contributed by atoms with Crippen LogP contribution in [-0.4, -0.2) is 12.5 Å². The Balaban J connectivity index is 1.84. The van der Waals surface area contributed by atoms with Gasteiger partial charge in [0.2, 0.25) is 0 Å². The van der Waals surface area contributed by atoms with Crippen LogP contribution in [0.3, 0.4) is 0 Å². The minimum Gasteiger partial charge on any atom is -0.488 e. The molecule has 0 saturated heterocycles. The van der Waals surface area contributed by atoms with Crippen molar-refractivity contribution in [3.8, 4) is 5.75 Å². The van der Waals surface area contributed by atoms with Gasteiger partial charge in [-0.05, 0) is 42.3 Å². The van der Waals surface area contributed by atoms with Gasteiger partial charge in [0, 0.05) is 16.3 Å². The van der Waals surface area contributed by atoms with E-state index in [4.69, 9.17) is 16.3 Å². The summed E-state index contributed by atoms with van der Waals surface area (Å²) in [5.41, 5.74) is 3.36. The van der Waals surface area contributed by atoms with Gasteiger partial charge in [0.25, 0.3) is 5.91 Å². The van der Waals surface area contributed by atoms with Crippen molar-refractivity contribution in [3.63, 3.8) is 0 Å². The van der Waals surface area contributed by atoms with Crippen LogP contribution in [0.15, 0.2) is 48.0 Å². The lowest BCUT2D eigenvalue weighted by atomic mass is 10.1. The molecule has 0 bridgehead atoms. The number of carbonyl (C=O) groups is 1. The number of ether oxygens (including phenoxy) is 1. The summed E-state index contributed by atoms with van der Waals surface area (Å²) in [6.45, 7) is 2.32. The molecule has 0 radical (unpaired) electrons. The third kappa shape index (κ3) is 3.00. The second kappa shape index (κ2) is 6.24. The van der Waals surface area contributed by atoms with Crippen molar-refractivity contribution >= 4 is 29.3 Å². The van der Waals surface area contributed by atoms with E-state index in [1.165, 1.54) is 0 Å². The molecule has 4 heteroatoms. The van der Waals surface area contributed by atoms with Crippen LogP contribution in [0, 0.1) is 0 Å². The maximum absolute atomic E-state index is 12.4. The van der Waals surface area contributed by atoms with Crippen molar-refractivity contribution in [2.24, 2.45) is 0 Å². The van der Waals surface area contributed by atoms with E-state index >= 15 is 0 Å². The summed E-state index contributed by atoms with van der Waals surface area (Å²) < 4.78 is 5.62. The standard InChI is InChI=1S/C18H16ClNO2/c1-2-12-5-3-4-6-16(12)20-18(21)14-9-13-10-15(19)7-8-17(13)22-11-14/h3-10H,2,11H2,1H3,(H,20,21). The Morgan fingerprint density at radius 2 is 2.09 bits per heavy atom. The molecule has 1 aliphatic heterocycles. The summed E-state index contributed by atoms with van der Waals surface area (Å²) in [4.78, 5) is 12.4. The van der Waals surface area contributed by atoms with E-state index in [-0.39, 0.29) is 12.5 Å². The summed E-state index contributed by atoms with van der Waals surface area (Å²) in [6.07, 6.45) is 2.69. The van der Waals surface area contributed by atoms with Gasteiger partial charge >= 0.3 is 0 Å². The molecule has 0 spiro atoms. The van der Waals surface area contributed by atoms with Crippen molar-refractivity contribution in [1.29, 1.82) is 0 Å². The number of hydrogen-bond donors (Lipinski definition) is 1. The van der Waals surface area contributed by atoms with Gasteiger partial charge < -0.3 is 10.1 Å². The number of amides is 1. The summed E-state index contributed by atoms with van der Waals surface area (Å²) in [5.74, 6) is 0.599. The van der Waals surface area contributed by atoms with Crippen molar-refractivity contribution in [1.82, 2.24) is 0 Å². The van der Waals surface area contributed by atoms with Gasteiger partial charge in [-0.3, -0.25) is 4.79 Å². The number of para-hydroxylation sites is 1. The van der Waals surface area contributed by atoms with E-state index in [9.17, 15) is 4.79 Å². The number of fused-ring (bicyclic) bond motifs is 1. The van der Waals surface area contributed by atoms with E-state index in [1.54, 1.807) is 12.1 Å². The zero-order valence-electron chi connectivity index (χ0n) is 12.2. The molecule has 2 aromatic rings. The molecule has 1 N–H and O–H groups in total. The molecule has 2 aromatic carbocycles. The van der Waals surface area contributed by atoms with Crippen molar-refractivity contribution < 1.29 is 9.53 Å². The molecule has 1 amide bonds. The number of aryl methyl sites for hydroxylation is 1. The Labute approximate surface area is 134 Å². The van der Waals surface area contributed by atoms with Gasteiger partial charge in [0.05, 0.1) is 5.57 Å². The molecule has 112 valence electrons. The van der Waals surface area contributed by atoms with Crippen LogP contribution in [0.5, 0.6) is 5.75 Å². The quantitative estimate of drug-likeness (QED) is 0.916. The Bertz CT molecular complexity index is 753. The Hall–Kier alpha value is -2.26. The molecule has 0 unspecified atom stereocenters. The number of nitrogens with one attached hydrogen (secondary N) is 1. The monoisotopic (exact) mass is 313 g/mol. The highest BCUT2D eigenvalue weighted by molar-refractivity contribution is 6.30. The molecule has 1 aliphatic rings. The van der Waals surface area contributed by atoms with E-state index in [2.05, 4.69) is 12.2 Å². The minimum atomic E-state index is -0.147. The summed E-state index contributed by atoms with van der Waals surface area (Å²) in [6, 6.07) is 13.2. The Morgan fingerprint density at radius 3 is 2.91 bits per heavy atom. The first-order chi connectivity index (χ1) is 10.7. The first-order valence-electron chi connectivity index (χ1n) is 7.19. The van der Waals surface area contributed by atoms with Crippen molar-refractivity contribution in [2.45, 2.75) is 13.3 Å². The van der Waals surface area contributed by atoms with Gasteiger partial charge in [-0.2, -0.15) is 0 Å². The van der Waals surface area contributed by atoms with E-state index < -0.39 is 0 Å². The predicted octanol–water partition coefficient (Wildman–Crippen LogP) is 4.32. The van der Waals surface area contributed by atoms with Crippen LogP contribution in [0.25, 0.3) is 6.08 Å². The molecular formula is C18H16ClNO2. The average Bonchev–Trinajstić information content (AvgIpc) is 2.54. The summed E-state index contributed by atoms with van der Waals surface area (Å²) in [5, 5.41) is 3.58. The first-order valence-corrected chi connectivity index (χ1v) is 7.57. The maximum Gasteiger partial charge on any atom is 0.255 e. The second-order valence-corrected chi connectivity index (χ2v) is 5.54. The first kappa shape index (κ1) is 14.7. The molecular weight excluding hydrogens is 298 g/mol. The van der Waals surface area contributed by atoms with Crippen LogP contribution < -0.4 is 10.1 Å². The van der Waals surface area contributed by atoms with Crippen molar-refractivity contribution in [2.75, 3.05) is 11.9 Å². The molecule has 0 aromatic heterocycles. The van der Waals surface area contributed by atoms with Gasteiger partial charge in [-0.25, -0.2) is 0 Å². The summed E-state index contributed by atoms with van der Waals surface area (Å²) >= 11 is 5.99. The highest BCUT2D eigenvalue weighted by atomic mass is 35.5. The number of halogens is 1. The third-order valence-electron chi connectivity index (χ3n) is 3.62. The largest absolute Gasteiger partial charge is 0.488 e. The molecule has 0 fully saturated rings. The van der Waals surface area contributed by atoms with Crippen LogP contribution in [0.2, 0.25) is 5.02 Å². The topological polar surface area (TPSA) is 38.3 Å². The van der Waals surface area contributed by atoms with Gasteiger partial charge in [0.1, 0.15) is 12.4 Å². The van der Waals surface area contributed by atoms with E-state index in [0.717, 1.165) is 29.0 Å². The molecule has 0 aliphatic carbocycles. The number of anilines is 1. The SMILES string of the molecule is CCc1ccccc1NC(=O)C1=Cc2cc(Cl)ccc2OC1. The third-order valence-corrected chi connectivity index (χ3v) is 3.86. The van der Waals surface area contributed by atoms with Crippen LogP contribution in [0.4, 0.5) is 5.69 Å². The fraction of sp³-hybridized carbons (Fsp3) is 0.167. The van der Waals surface area contributed by atoms with E-state index in [0.29, 0.717) is 10.6 Å².